The average molecular weight is 1120 g/mol. The molecule has 0 radical (unpaired) electrons. The van der Waals surface area contributed by atoms with Gasteiger partial charge in [0.2, 0.25) is 0 Å². The number of rotatable bonds is 3. The smallest absolute Gasteiger partial charge is 0.423 e. The molecule has 12 aromatic rings. The summed E-state index contributed by atoms with van der Waals surface area (Å²) in [4.78, 5) is 0. The molecule has 82 heavy (non-hydrogen) atoms. The Kier molecular flexibility index (Phi) is 11.9. The minimum atomic E-state index is -1.44. The highest BCUT2D eigenvalue weighted by atomic mass is 79.9. The second-order valence-corrected chi connectivity index (χ2v) is 25.1. The van der Waals surface area contributed by atoms with Crippen LogP contribution in [0.4, 0.5) is 0 Å². The van der Waals surface area contributed by atoms with Crippen LogP contribution in [0.2, 0.25) is 0 Å². The summed E-state index contributed by atoms with van der Waals surface area (Å²) in [6.07, 6.45) is 0. The van der Waals surface area contributed by atoms with Crippen molar-refractivity contribution in [1.82, 2.24) is 0 Å². The minimum absolute atomic E-state index is 0. The highest BCUT2D eigenvalue weighted by molar-refractivity contribution is 9.10. The molecular weight excluding hydrogens is 1060 g/mol. The van der Waals surface area contributed by atoms with E-state index < -0.39 is 7.12 Å². The van der Waals surface area contributed by atoms with Crippen LogP contribution in [0.5, 0.6) is 0 Å². The van der Waals surface area contributed by atoms with Crippen molar-refractivity contribution in [2.24, 2.45) is 0 Å². The zero-order valence-electron chi connectivity index (χ0n) is 46.3. The van der Waals surface area contributed by atoms with E-state index in [0.717, 1.165) is 15.2 Å². The molecule has 5 aliphatic rings. The van der Waals surface area contributed by atoms with Gasteiger partial charge < -0.3 is 10.0 Å². The van der Waals surface area contributed by atoms with E-state index in [1.165, 1.54) is 144 Å². The third-order valence-electron chi connectivity index (χ3n) is 18.9. The maximum Gasteiger partial charge on any atom is 0.489 e. The van der Waals surface area contributed by atoms with Crippen molar-refractivity contribution >= 4 is 58.5 Å². The van der Waals surface area contributed by atoms with Crippen LogP contribution in [0, 0.1) is 0 Å². The van der Waals surface area contributed by atoms with Crippen LogP contribution >= 0.6 is 15.9 Å². The first kappa shape index (κ1) is 51.8. The Bertz CT molecular complexity index is 4620. The van der Waals surface area contributed by atoms with E-state index in [0.29, 0.717) is 5.46 Å². The van der Waals surface area contributed by atoms with Crippen molar-refractivity contribution in [3.8, 4) is 100 Å². The quantitative estimate of drug-likeness (QED) is 0.173. The summed E-state index contributed by atoms with van der Waals surface area (Å²) in [7, 11) is -1.44. The van der Waals surface area contributed by atoms with Gasteiger partial charge in [0.15, 0.2) is 0 Å². The Morgan fingerprint density at radius 3 is 1.09 bits per heavy atom. The maximum atomic E-state index is 9.50. The van der Waals surface area contributed by atoms with Crippen LogP contribution in [0.25, 0.3) is 122 Å². The number of hydrogen-bond donors (Lipinski definition) is 2. The van der Waals surface area contributed by atoms with E-state index >= 15 is 0 Å². The second-order valence-electron chi connectivity index (χ2n) is 24.2. The van der Waals surface area contributed by atoms with Crippen molar-refractivity contribution in [2.75, 3.05) is 0 Å². The predicted molar refractivity (Wildman–Crippen MR) is 356 cm³/mol. The van der Waals surface area contributed by atoms with Gasteiger partial charge in [0, 0.05) is 20.7 Å². The van der Waals surface area contributed by atoms with Crippen LogP contribution < -0.4 is 5.46 Å². The van der Waals surface area contributed by atoms with Gasteiger partial charge in [0.1, 0.15) is 0 Å². The summed E-state index contributed by atoms with van der Waals surface area (Å²) in [5.74, 6) is 0. The molecule has 2 N–H and O–H groups in total. The molecule has 0 aliphatic heterocycles. The van der Waals surface area contributed by atoms with Gasteiger partial charge >= 0.3 is 7.12 Å². The monoisotopic (exact) mass is 1120 g/mol. The fraction of sp³-hybridized carbons (Fsp3) is 0.117. The molecule has 2 nitrogen and oxygen atoms in total. The van der Waals surface area contributed by atoms with Gasteiger partial charge in [-0.3, -0.25) is 0 Å². The molecule has 0 fully saturated rings. The zero-order chi connectivity index (χ0) is 55.3. The molecule has 396 valence electrons. The summed E-state index contributed by atoms with van der Waals surface area (Å²) in [6, 6.07) is 83.8. The molecule has 0 saturated carbocycles. The van der Waals surface area contributed by atoms with Crippen LogP contribution in [0.3, 0.4) is 0 Å². The largest absolute Gasteiger partial charge is 0.489 e. The molecule has 0 heterocycles. The third-order valence-corrected chi connectivity index (χ3v) is 19.4. The van der Waals surface area contributed by atoms with Crippen molar-refractivity contribution in [3.05, 3.63) is 268 Å². The summed E-state index contributed by atoms with van der Waals surface area (Å²) in [6.45, 7) is 14.1. The van der Waals surface area contributed by atoms with Crippen LogP contribution in [-0.4, -0.2) is 25.6 Å². The molecule has 0 amide bonds. The normalized spacial score (nSPS) is 14.4. The molecule has 0 bridgehead atoms. The first-order chi connectivity index (χ1) is 39.2. The lowest BCUT2D eigenvalue weighted by molar-refractivity contribution is 0.426. The van der Waals surface area contributed by atoms with E-state index in [1.807, 2.05) is 30.3 Å². The highest BCUT2D eigenvalue weighted by Crippen LogP contribution is 2.55. The molecule has 12 aromatic carbocycles. The van der Waals surface area contributed by atoms with Crippen molar-refractivity contribution < 1.29 is 10.0 Å². The topological polar surface area (TPSA) is 40.5 Å². The maximum absolute atomic E-state index is 9.50. The van der Waals surface area contributed by atoms with Gasteiger partial charge in [-0.2, -0.15) is 0 Å². The van der Waals surface area contributed by atoms with Crippen molar-refractivity contribution in [1.29, 1.82) is 0 Å². The molecule has 17 rings (SSSR count). The second kappa shape index (κ2) is 18.9. The van der Waals surface area contributed by atoms with Gasteiger partial charge in [-0.1, -0.05) is 266 Å². The van der Waals surface area contributed by atoms with Crippen LogP contribution in [0.1, 0.15) is 74.9 Å². The summed E-state index contributed by atoms with van der Waals surface area (Å²) in [5, 5.41) is 23.8. The predicted octanol–water partition coefficient (Wildman–Crippen LogP) is 17.9. The van der Waals surface area contributed by atoms with E-state index in [4.69, 9.17) is 0 Å². The molecule has 0 aromatic heterocycles. The molecule has 5 heteroatoms. The standard InChI is InChI=1S/C31H22.C30H25Br.C16H11BO2.BH4/c1-31(2)28-13-6-5-10-23(28)24-15-14-19(18-29(24)31)20-16-17-27-22-9-4-3-8-21(22)26-12-7-11-25(20)30(26)27;1-29(2)25-8-6-5-7-21(25)22-12-9-18(15-26(22)29)19-10-13-23-24-14-11-20(31)17-28(24)30(3,4)27(23)16-19;18-17(19)15-9-8-13-11-5-2-1-4-10(11)12-6-3-7-14(15)16(12)13;/h3-18H,1-2H3;5-17H,1-4H3;1-9,18-19H;1H4/q;;;-1. The summed E-state index contributed by atoms with van der Waals surface area (Å²) >= 11 is 3.66. The lowest BCUT2D eigenvalue weighted by atomic mass is 9.76. The molecule has 0 unspecified atom stereocenters. The molecular formula is C77H62B2BrO2-. The lowest BCUT2D eigenvalue weighted by Gasteiger charge is -2.23. The van der Waals surface area contributed by atoms with Gasteiger partial charge in [-0.15, -0.1) is 0 Å². The molecule has 0 saturated heterocycles. The van der Waals surface area contributed by atoms with Crippen molar-refractivity contribution in [2.45, 2.75) is 57.8 Å². The van der Waals surface area contributed by atoms with Gasteiger partial charge in [-0.25, -0.2) is 0 Å². The fourth-order valence-electron chi connectivity index (χ4n) is 14.8. The number of halogens is 1. The number of fused-ring (bicyclic) bond motifs is 15. The zero-order valence-corrected chi connectivity index (χ0v) is 47.9. The fourth-order valence-corrected chi connectivity index (χ4v) is 15.1. The number of hydrogen-bond acceptors (Lipinski definition) is 2. The molecule has 0 spiro atoms. The average Bonchev–Trinajstić information content (AvgIpc) is 3.82. The summed E-state index contributed by atoms with van der Waals surface area (Å²) < 4.78 is 1.15. The third kappa shape index (κ3) is 7.56. The lowest BCUT2D eigenvalue weighted by Crippen LogP contribution is -2.30. The Labute approximate surface area is 491 Å². The van der Waals surface area contributed by atoms with Crippen LogP contribution in [0.15, 0.2) is 235 Å². The minimum Gasteiger partial charge on any atom is -0.423 e. The Morgan fingerprint density at radius 2 is 0.598 bits per heavy atom. The summed E-state index contributed by atoms with van der Waals surface area (Å²) in [5.41, 5.74) is 32.8. The SMILES string of the molecule is CC1(C)c2ccccc2-c2ccc(-c3ccc4c(c3)C(C)(C)c3cc(Br)ccc3-4)cc21.CC1(C)c2ccccc2-c2ccc(-c3ccc4c5c(cccc35)-c3ccccc3-4)cc21.OB(O)c1ccc2c3c(cccc13)-c1ccccc1-2.[BH4-]. The molecule has 0 atom stereocenters. The Balaban J connectivity index is 0.000000113. The van der Waals surface area contributed by atoms with Crippen molar-refractivity contribution in [3.63, 3.8) is 0 Å². The van der Waals surface area contributed by atoms with E-state index in [-0.39, 0.29) is 24.7 Å². The number of benzene rings is 12. The Hall–Kier alpha value is -8.31. The van der Waals surface area contributed by atoms with Gasteiger partial charge in [0.05, 0.1) is 0 Å². The first-order valence-electron chi connectivity index (χ1n) is 28.3. The highest BCUT2D eigenvalue weighted by Gasteiger charge is 2.39. The van der Waals surface area contributed by atoms with E-state index in [2.05, 4.69) is 252 Å². The van der Waals surface area contributed by atoms with E-state index in [9.17, 15) is 10.0 Å². The molecule has 5 aliphatic carbocycles. The van der Waals surface area contributed by atoms with Gasteiger partial charge in [-0.05, 0) is 191 Å². The van der Waals surface area contributed by atoms with Gasteiger partial charge in [0.25, 0.3) is 0 Å². The first-order valence-corrected chi connectivity index (χ1v) is 29.1. The Morgan fingerprint density at radius 1 is 0.280 bits per heavy atom. The van der Waals surface area contributed by atoms with Crippen LogP contribution in [-0.2, 0) is 16.2 Å². The van der Waals surface area contributed by atoms with E-state index in [1.54, 1.807) is 6.07 Å².